The van der Waals surface area contributed by atoms with Crippen LogP contribution in [0.1, 0.15) is 29.4 Å². The minimum atomic E-state index is -0.125. The third kappa shape index (κ3) is 3.48. The average Bonchev–Trinajstić information content (AvgIpc) is 3.21. The van der Waals surface area contributed by atoms with Crippen molar-refractivity contribution in [3.05, 3.63) is 53.3 Å². The second-order valence-electron chi connectivity index (χ2n) is 5.31. The highest BCUT2D eigenvalue weighted by atomic mass is 32.1. The molecule has 0 aliphatic rings. The molecule has 0 unspecified atom stereocenters. The number of carbonyl (C=O) groups is 1. The first-order valence-corrected chi connectivity index (χ1v) is 8.41. The number of amides is 1. The van der Waals surface area contributed by atoms with Crippen molar-refractivity contribution in [1.82, 2.24) is 20.1 Å². The van der Waals surface area contributed by atoms with Gasteiger partial charge in [0, 0.05) is 23.7 Å². The number of aromatic nitrogens is 3. The van der Waals surface area contributed by atoms with Crippen molar-refractivity contribution in [1.29, 1.82) is 0 Å². The number of nitrogens with zero attached hydrogens (tertiary/aromatic N) is 3. The Hall–Kier alpha value is -2.47. The molecule has 0 fully saturated rings. The number of carbonyl (C=O) groups excluding carboxylic acids is 1. The highest BCUT2D eigenvalue weighted by molar-refractivity contribution is 7.13. The van der Waals surface area contributed by atoms with Crippen molar-refractivity contribution in [3.8, 4) is 16.3 Å². The van der Waals surface area contributed by atoms with E-state index < -0.39 is 0 Å². The minimum absolute atomic E-state index is 0.125. The van der Waals surface area contributed by atoms with Gasteiger partial charge in [-0.25, -0.2) is 9.67 Å². The molecule has 0 radical (unpaired) electrons. The second-order valence-corrected chi connectivity index (χ2v) is 6.16. The van der Waals surface area contributed by atoms with E-state index in [-0.39, 0.29) is 5.91 Å². The Bertz CT molecular complexity index is 821. The molecular formula is C17H18N4OS. The quantitative estimate of drug-likeness (QED) is 0.781. The largest absolute Gasteiger partial charge is 0.351 e. The van der Waals surface area contributed by atoms with Crippen molar-refractivity contribution in [2.75, 3.05) is 6.54 Å². The molecule has 0 saturated heterocycles. The number of thiazole rings is 1. The van der Waals surface area contributed by atoms with E-state index in [0.29, 0.717) is 12.2 Å². The van der Waals surface area contributed by atoms with Crippen molar-refractivity contribution in [2.24, 2.45) is 0 Å². The molecule has 3 aromatic rings. The van der Waals surface area contributed by atoms with E-state index >= 15 is 0 Å². The molecule has 3 rings (SSSR count). The molecule has 0 bridgehead atoms. The van der Waals surface area contributed by atoms with Crippen molar-refractivity contribution in [2.45, 2.75) is 20.3 Å². The van der Waals surface area contributed by atoms with Gasteiger partial charge in [-0.15, -0.1) is 11.3 Å². The highest BCUT2D eigenvalue weighted by Gasteiger charge is 2.12. The summed E-state index contributed by atoms with van der Waals surface area (Å²) in [6.07, 6.45) is 4.61. The third-order valence-electron chi connectivity index (χ3n) is 3.37. The summed E-state index contributed by atoms with van der Waals surface area (Å²) in [6.45, 7) is 4.74. The van der Waals surface area contributed by atoms with Crippen LogP contribution in [0.2, 0.25) is 0 Å². The maximum atomic E-state index is 11.9. The van der Waals surface area contributed by atoms with Crippen LogP contribution < -0.4 is 5.32 Å². The van der Waals surface area contributed by atoms with Gasteiger partial charge in [-0.1, -0.05) is 19.1 Å². The van der Waals surface area contributed by atoms with E-state index in [9.17, 15) is 4.79 Å². The predicted molar refractivity (Wildman–Crippen MR) is 92.0 cm³/mol. The van der Waals surface area contributed by atoms with Crippen molar-refractivity contribution >= 4 is 17.2 Å². The summed E-state index contributed by atoms with van der Waals surface area (Å²) in [5.74, 6) is -0.125. The standard InChI is InChI=1S/C17H18N4OS/c1-3-7-18-16(22)15-11-23-17(20-15)13-9-19-21(10-13)14-6-4-5-12(2)8-14/h4-6,8-11H,3,7H2,1-2H3,(H,18,22). The fourth-order valence-electron chi connectivity index (χ4n) is 2.18. The number of hydrogen-bond donors (Lipinski definition) is 1. The normalized spacial score (nSPS) is 10.7. The van der Waals surface area contributed by atoms with Crippen LogP contribution in [0.3, 0.4) is 0 Å². The Labute approximate surface area is 139 Å². The summed E-state index contributed by atoms with van der Waals surface area (Å²) in [5, 5.41) is 9.80. The summed E-state index contributed by atoms with van der Waals surface area (Å²) in [5.41, 5.74) is 3.56. The van der Waals surface area contributed by atoms with Crippen LogP contribution in [0.5, 0.6) is 0 Å². The summed E-state index contributed by atoms with van der Waals surface area (Å²) < 4.78 is 1.82. The SMILES string of the molecule is CCCNC(=O)c1csc(-c2cnn(-c3cccc(C)c3)c2)n1. The van der Waals surface area contributed by atoms with Crippen LogP contribution in [0.15, 0.2) is 42.0 Å². The van der Waals surface area contributed by atoms with Crippen LogP contribution in [0.25, 0.3) is 16.3 Å². The van der Waals surface area contributed by atoms with Gasteiger partial charge in [0.05, 0.1) is 11.9 Å². The molecule has 1 N–H and O–H groups in total. The number of hydrogen-bond acceptors (Lipinski definition) is 4. The first-order chi connectivity index (χ1) is 11.2. The number of benzene rings is 1. The van der Waals surface area contributed by atoms with Crippen LogP contribution in [-0.4, -0.2) is 27.2 Å². The number of aryl methyl sites for hydroxylation is 1. The van der Waals surface area contributed by atoms with Gasteiger partial charge in [0.1, 0.15) is 10.7 Å². The molecule has 5 nitrogen and oxygen atoms in total. The maximum Gasteiger partial charge on any atom is 0.270 e. The number of rotatable bonds is 5. The lowest BCUT2D eigenvalue weighted by Crippen LogP contribution is -2.24. The van der Waals surface area contributed by atoms with Gasteiger partial charge in [0.2, 0.25) is 0 Å². The van der Waals surface area contributed by atoms with Crippen LogP contribution in [0.4, 0.5) is 0 Å². The Morgan fingerprint density at radius 2 is 2.26 bits per heavy atom. The molecule has 6 heteroatoms. The van der Waals surface area contributed by atoms with Gasteiger partial charge in [0.25, 0.3) is 5.91 Å². The van der Waals surface area contributed by atoms with Crippen LogP contribution >= 0.6 is 11.3 Å². The molecule has 1 amide bonds. The molecule has 0 aliphatic carbocycles. The summed E-state index contributed by atoms with van der Waals surface area (Å²) in [6, 6.07) is 8.14. The average molecular weight is 326 g/mol. The van der Waals surface area contributed by atoms with E-state index in [0.717, 1.165) is 22.7 Å². The van der Waals surface area contributed by atoms with Crippen LogP contribution in [-0.2, 0) is 0 Å². The van der Waals surface area contributed by atoms with E-state index in [1.54, 1.807) is 11.6 Å². The lowest BCUT2D eigenvalue weighted by atomic mass is 10.2. The lowest BCUT2D eigenvalue weighted by molar-refractivity contribution is 0.0949. The molecule has 2 aromatic heterocycles. The molecule has 118 valence electrons. The Morgan fingerprint density at radius 1 is 1.39 bits per heavy atom. The van der Waals surface area contributed by atoms with Gasteiger partial charge in [-0.2, -0.15) is 5.10 Å². The molecule has 0 aliphatic heterocycles. The maximum absolute atomic E-state index is 11.9. The minimum Gasteiger partial charge on any atom is -0.351 e. The third-order valence-corrected chi connectivity index (χ3v) is 4.26. The van der Waals surface area contributed by atoms with Gasteiger partial charge < -0.3 is 5.32 Å². The summed E-state index contributed by atoms with van der Waals surface area (Å²) in [7, 11) is 0. The van der Waals surface area contributed by atoms with E-state index in [4.69, 9.17) is 0 Å². The van der Waals surface area contributed by atoms with Gasteiger partial charge in [-0.05, 0) is 31.0 Å². The zero-order valence-electron chi connectivity index (χ0n) is 13.1. The van der Waals surface area contributed by atoms with E-state index in [1.165, 1.54) is 16.9 Å². The fraction of sp³-hybridized carbons (Fsp3) is 0.235. The molecule has 0 atom stereocenters. The van der Waals surface area contributed by atoms with E-state index in [1.807, 2.05) is 29.9 Å². The zero-order chi connectivity index (χ0) is 16.2. The first kappa shape index (κ1) is 15.4. The van der Waals surface area contributed by atoms with Gasteiger partial charge >= 0.3 is 0 Å². The Kier molecular flexibility index (Phi) is 4.52. The van der Waals surface area contributed by atoms with Crippen LogP contribution in [0, 0.1) is 6.92 Å². The fourth-order valence-corrected chi connectivity index (χ4v) is 2.96. The van der Waals surface area contributed by atoms with E-state index in [2.05, 4.69) is 34.5 Å². The van der Waals surface area contributed by atoms with Crippen molar-refractivity contribution in [3.63, 3.8) is 0 Å². The lowest BCUT2D eigenvalue weighted by Gasteiger charge is -2.01. The first-order valence-electron chi connectivity index (χ1n) is 7.53. The molecule has 1 aromatic carbocycles. The predicted octanol–water partition coefficient (Wildman–Crippen LogP) is 3.44. The Morgan fingerprint density at radius 3 is 3.04 bits per heavy atom. The smallest absolute Gasteiger partial charge is 0.270 e. The zero-order valence-corrected chi connectivity index (χ0v) is 13.9. The molecule has 0 spiro atoms. The summed E-state index contributed by atoms with van der Waals surface area (Å²) in [4.78, 5) is 16.3. The number of nitrogens with one attached hydrogen (secondary N) is 1. The Balaban J connectivity index is 1.81. The summed E-state index contributed by atoms with van der Waals surface area (Å²) >= 11 is 1.45. The van der Waals surface area contributed by atoms with Gasteiger partial charge in [-0.3, -0.25) is 4.79 Å². The van der Waals surface area contributed by atoms with Gasteiger partial charge in [0.15, 0.2) is 0 Å². The monoisotopic (exact) mass is 326 g/mol. The molecule has 0 saturated carbocycles. The van der Waals surface area contributed by atoms with Crippen molar-refractivity contribution < 1.29 is 4.79 Å². The second kappa shape index (κ2) is 6.75. The topological polar surface area (TPSA) is 59.8 Å². The highest BCUT2D eigenvalue weighted by Crippen LogP contribution is 2.24. The molecule has 23 heavy (non-hydrogen) atoms. The molecular weight excluding hydrogens is 308 g/mol. The molecule has 2 heterocycles.